The number of hydrogen-bond donors (Lipinski definition) is 2. The van der Waals surface area contributed by atoms with Crippen LogP contribution in [0.1, 0.15) is 86.0 Å². The number of hydrogen-bond acceptors (Lipinski definition) is 3. The van der Waals surface area contributed by atoms with E-state index in [0.29, 0.717) is 30.5 Å². The fraction of sp³-hybridized carbons (Fsp3) is 0.889. The maximum atomic E-state index is 12.4. The van der Waals surface area contributed by atoms with Gasteiger partial charge in [0.25, 0.3) is 0 Å². The molecule has 4 unspecified atom stereocenters. The number of carbonyl (C=O) groups is 1. The van der Waals surface area contributed by atoms with Crippen LogP contribution in [0.3, 0.4) is 0 Å². The fourth-order valence-corrected chi connectivity index (χ4v) is 11.4. The molecule has 0 radical (unpaired) electrons. The molecule has 6 heteroatoms. The van der Waals surface area contributed by atoms with Crippen LogP contribution in [-0.4, -0.2) is 38.8 Å². The number of carbonyl (C=O) groups excluding carboxylic acids is 1. The van der Waals surface area contributed by atoms with Gasteiger partial charge >= 0.3 is 0 Å². The molecule has 0 bridgehead atoms. The van der Waals surface area contributed by atoms with Gasteiger partial charge in [-0.15, -0.1) is 0 Å². The molecule has 0 amide bonds. The van der Waals surface area contributed by atoms with Crippen LogP contribution in [0.4, 0.5) is 0 Å². The predicted octanol–water partition coefficient (Wildman–Crippen LogP) is 7.14. The summed E-state index contributed by atoms with van der Waals surface area (Å²) in [4.78, 5) is 23.6. The Balaban J connectivity index is 1.67. The van der Waals surface area contributed by atoms with Gasteiger partial charge in [0.2, 0.25) is 0 Å². The number of halogens is 2. The Morgan fingerprint density at radius 3 is 2.45 bits per heavy atom. The number of alkyl halides is 2. The van der Waals surface area contributed by atoms with Gasteiger partial charge in [0.05, 0.1) is 9.93 Å². The second kappa shape index (κ2) is 8.00. The van der Waals surface area contributed by atoms with Crippen molar-refractivity contribution in [2.45, 2.75) is 119 Å². The second-order valence-corrected chi connectivity index (χ2v) is 20.7. The molecule has 0 aromatic carbocycles. The molecule has 0 aromatic heterocycles. The Bertz CT molecular complexity index is 866. The minimum Gasteiger partial charge on any atom is -0.432 e. The van der Waals surface area contributed by atoms with Gasteiger partial charge in [-0.2, -0.15) is 0 Å². The molecule has 3 fully saturated rings. The molecule has 3 nitrogen and oxygen atoms in total. The average molecular weight is 605 g/mol. The Hall–Kier alpha value is 0.507. The van der Waals surface area contributed by atoms with E-state index in [4.69, 9.17) is 0 Å². The lowest BCUT2D eigenvalue weighted by Gasteiger charge is -2.64. The molecule has 188 valence electrons. The highest BCUT2D eigenvalue weighted by Crippen LogP contribution is 2.71. The monoisotopic (exact) mass is 602 g/mol. The summed E-state index contributed by atoms with van der Waals surface area (Å²) in [7, 11) is -2.41. The van der Waals surface area contributed by atoms with Crippen molar-refractivity contribution in [3.63, 3.8) is 0 Å². The van der Waals surface area contributed by atoms with Crippen LogP contribution < -0.4 is 0 Å². The Kier molecular flexibility index (Phi) is 6.44. The molecule has 0 saturated heterocycles. The third-order valence-corrected chi connectivity index (χ3v) is 18.1. The zero-order chi connectivity index (χ0) is 24.8. The molecule has 0 spiro atoms. The first kappa shape index (κ1) is 26.6. The van der Waals surface area contributed by atoms with Crippen molar-refractivity contribution in [1.82, 2.24) is 0 Å². The van der Waals surface area contributed by atoms with Crippen LogP contribution in [0.2, 0.25) is 18.1 Å². The van der Waals surface area contributed by atoms with Crippen molar-refractivity contribution < 1.29 is 14.7 Å². The predicted molar refractivity (Wildman–Crippen MR) is 145 cm³/mol. The zero-order valence-corrected chi connectivity index (χ0v) is 25.8. The first-order valence-electron chi connectivity index (χ1n) is 12.9. The molecule has 0 aromatic rings. The van der Waals surface area contributed by atoms with Gasteiger partial charge in [0.15, 0.2) is 8.32 Å². The van der Waals surface area contributed by atoms with E-state index in [1.54, 1.807) is 12.5 Å². The lowest BCUT2D eigenvalue weighted by molar-refractivity contribution is -0.125. The lowest BCUT2D eigenvalue weighted by Crippen LogP contribution is -2.64. The molecule has 4 aliphatic rings. The molecule has 3 saturated carbocycles. The smallest absolute Gasteiger partial charge is 0.188 e. The second-order valence-electron chi connectivity index (χ2n) is 13.7. The van der Waals surface area contributed by atoms with E-state index in [1.807, 2.05) is 13.1 Å². The molecular formula is C27H44Br2O3Si. The van der Waals surface area contributed by atoms with E-state index < -0.39 is 13.9 Å². The van der Waals surface area contributed by atoms with Crippen molar-refractivity contribution in [2.24, 2.45) is 28.6 Å². The van der Waals surface area contributed by atoms with Crippen LogP contribution >= 0.6 is 31.9 Å². The Morgan fingerprint density at radius 2 is 1.88 bits per heavy atom. The largest absolute Gasteiger partial charge is 0.432 e. The fourth-order valence-electron chi connectivity index (χ4n) is 8.40. The van der Waals surface area contributed by atoms with Gasteiger partial charge in [0, 0.05) is 16.2 Å². The van der Waals surface area contributed by atoms with Crippen LogP contribution in [0.25, 0.3) is 0 Å². The van der Waals surface area contributed by atoms with Crippen LogP contribution in [0.15, 0.2) is 11.6 Å². The first-order chi connectivity index (χ1) is 14.9. The lowest BCUT2D eigenvalue weighted by atomic mass is 9.47. The first-order valence-corrected chi connectivity index (χ1v) is 17.5. The maximum absolute atomic E-state index is 12.4. The minimum absolute atomic E-state index is 0.0255. The summed E-state index contributed by atoms with van der Waals surface area (Å²) in [5, 5.41) is 11.6. The number of Topliss-reactive ketones (excluding diaryl/α,β-unsaturated/α-hetero) is 1. The van der Waals surface area contributed by atoms with Gasteiger partial charge in [0.1, 0.15) is 5.78 Å². The normalized spacial score (nSPS) is 47.9. The molecule has 4 rings (SSSR count). The van der Waals surface area contributed by atoms with Crippen molar-refractivity contribution in [3.8, 4) is 0 Å². The highest BCUT2D eigenvalue weighted by Gasteiger charge is 2.66. The molecule has 33 heavy (non-hydrogen) atoms. The summed E-state index contributed by atoms with van der Waals surface area (Å²) in [5.74, 6) is 1.65. The number of aliphatic hydroxyl groups is 1. The zero-order valence-electron chi connectivity index (χ0n) is 21.6. The van der Waals surface area contributed by atoms with Crippen LogP contribution in [0, 0.1) is 28.6 Å². The topological polar surface area (TPSA) is 57.5 Å². The summed E-state index contributed by atoms with van der Waals surface area (Å²) < 4.78 is -0.223. The third kappa shape index (κ3) is 3.86. The average Bonchev–Trinajstić information content (AvgIpc) is 3.01. The van der Waals surface area contributed by atoms with Crippen molar-refractivity contribution in [3.05, 3.63) is 11.6 Å². The number of rotatable bonds is 4. The molecule has 2 N–H and O–H groups in total. The molecule has 0 aliphatic heterocycles. The van der Waals surface area contributed by atoms with Gasteiger partial charge in [-0.05, 0) is 93.7 Å². The molecule has 8 atom stereocenters. The summed E-state index contributed by atoms with van der Waals surface area (Å²) in [6, 6.07) is 0. The highest BCUT2D eigenvalue weighted by atomic mass is 79.9. The van der Waals surface area contributed by atoms with Crippen LogP contribution in [-0.2, 0) is 4.79 Å². The molecular weight excluding hydrogens is 560 g/mol. The van der Waals surface area contributed by atoms with E-state index in [9.17, 15) is 14.7 Å². The van der Waals surface area contributed by atoms with Gasteiger partial charge in [-0.25, -0.2) is 0 Å². The highest BCUT2D eigenvalue weighted by molar-refractivity contribution is 9.12. The molecule has 4 aliphatic carbocycles. The Morgan fingerprint density at radius 1 is 1.24 bits per heavy atom. The third-order valence-electron chi connectivity index (χ3n) is 11.2. The van der Waals surface area contributed by atoms with E-state index in [0.717, 1.165) is 38.5 Å². The summed E-state index contributed by atoms with van der Waals surface area (Å²) in [6.07, 6.45) is 9.81. The van der Waals surface area contributed by atoms with Gasteiger partial charge < -0.3 is 9.90 Å². The van der Waals surface area contributed by atoms with E-state index >= 15 is 0 Å². The quantitative estimate of drug-likeness (QED) is 0.204. The summed E-state index contributed by atoms with van der Waals surface area (Å²) in [6.45, 7) is 14.8. The number of fused-ring (bicyclic) bond motifs is 5. The number of allylic oxidation sites excluding steroid dienone is 2. The minimum atomic E-state index is -2.41. The van der Waals surface area contributed by atoms with E-state index in [-0.39, 0.29) is 30.9 Å². The summed E-state index contributed by atoms with van der Waals surface area (Å²) >= 11 is 8.38. The summed E-state index contributed by atoms with van der Waals surface area (Å²) in [5.41, 5.74) is 0.865. The van der Waals surface area contributed by atoms with Crippen molar-refractivity contribution in [1.29, 1.82) is 0 Å². The Labute approximate surface area is 219 Å². The van der Waals surface area contributed by atoms with Gasteiger partial charge in [-0.1, -0.05) is 71.2 Å². The van der Waals surface area contributed by atoms with E-state index in [1.165, 1.54) is 0 Å². The van der Waals surface area contributed by atoms with Gasteiger partial charge in [-0.3, -0.25) is 4.79 Å². The van der Waals surface area contributed by atoms with Crippen molar-refractivity contribution >= 4 is 46.0 Å². The standard InChI is InChI=1S/C27H44Br2O3Si/c1-17(30)19-8-9-20-18-14-22(28)27(29)16-26(31,15-23(2,3)33(6,7)32)13-12-25(27,5)21(18)10-11-24(19,20)4/h10,18-20,22,31-32H,8-9,11-16H2,1-7H3/t18?,19-,20?,22?,24-,25-,26-,27?/m1/s1. The molecule has 0 heterocycles. The van der Waals surface area contributed by atoms with E-state index in [2.05, 4.69) is 65.6 Å². The van der Waals surface area contributed by atoms with Crippen molar-refractivity contribution in [2.75, 3.05) is 0 Å². The maximum Gasteiger partial charge on any atom is 0.188 e. The van der Waals surface area contributed by atoms with Crippen LogP contribution in [0.5, 0.6) is 0 Å². The number of ketones is 1. The SMILES string of the molecule is CC(=O)[C@H]1CCC2C3CC(Br)C4(Br)C[C@](O)(CC(C)(C)[Si](C)(C)O)CC[C@]4(C)C3=CC[C@@]21C.